The van der Waals surface area contributed by atoms with Crippen LogP contribution in [0.5, 0.6) is 0 Å². The quantitative estimate of drug-likeness (QED) is 0.480. The highest BCUT2D eigenvalue weighted by Crippen LogP contribution is 2.35. The highest BCUT2D eigenvalue weighted by atomic mass is 35.5. The Labute approximate surface area is 178 Å². The molecular weight excluding hydrogens is 420 g/mol. The molecule has 2 heterocycles. The number of pyridine rings is 1. The van der Waals surface area contributed by atoms with Gasteiger partial charge in [-0.05, 0) is 42.5 Å². The SMILES string of the molecule is O=c1c2ccc(Cl)cc2c(S(=O)(=O)c2ccccc2)c2n1N(c1ccccc1)CC2. The van der Waals surface area contributed by atoms with Crippen LogP contribution in [0.1, 0.15) is 5.69 Å². The van der Waals surface area contributed by atoms with E-state index in [0.717, 1.165) is 5.69 Å². The lowest BCUT2D eigenvalue weighted by atomic mass is 10.1. The van der Waals surface area contributed by atoms with Gasteiger partial charge in [0.05, 0.1) is 21.7 Å². The van der Waals surface area contributed by atoms with Crippen LogP contribution >= 0.6 is 11.6 Å². The van der Waals surface area contributed by atoms with Crippen molar-refractivity contribution in [1.29, 1.82) is 0 Å². The summed E-state index contributed by atoms with van der Waals surface area (Å²) >= 11 is 6.20. The first-order valence-corrected chi connectivity index (χ1v) is 11.3. The minimum Gasteiger partial charge on any atom is -0.278 e. The van der Waals surface area contributed by atoms with Crippen molar-refractivity contribution in [2.45, 2.75) is 16.2 Å². The van der Waals surface area contributed by atoms with Gasteiger partial charge in [-0.2, -0.15) is 0 Å². The van der Waals surface area contributed by atoms with Gasteiger partial charge in [-0.15, -0.1) is 0 Å². The Morgan fingerprint density at radius 1 is 0.833 bits per heavy atom. The van der Waals surface area contributed by atoms with Crippen LogP contribution in [-0.2, 0) is 16.3 Å². The zero-order valence-electron chi connectivity index (χ0n) is 15.8. The molecule has 1 aliphatic heterocycles. The molecule has 30 heavy (non-hydrogen) atoms. The highest BCUT2D eigenvalue weighted by Gasteiger charge is 2.33. The van der Waals surface area contributed by atoms with Gasteiger partial charge in [0, 0.05) is 23.4 Å². The summed E-state index contributed by atoms with van der Waals surface area (Å²) in [5.41, 5.74) is 1.04. The number of benzene rings is 3. The first kappa shape index (κ1) is 18.9. The molecule has 7 heteroatoms. The fraction of sp³-hybridized carbons (Fsp3) is 0.0870. The number of anilines is 1. The Morgan fingerprint density at radius 3 is 2.20 bits per heavy atom. The van der Waals surface area contributed by atoms with Gasteiger partial charge >= 0.3 is 0 Å². The molecule has 0 bridgehead atoms. The topological polar surface area (TPSA) is 59.4 Å². The van der Waals surface area contributed by atoms with Crippen LogP contribution in [0.15, 0.2) is 93.4 Å². The van der Waals surface area contributed by atoms with E-state index < -0.39 is 9.84 Å². The molecule has 0 N–H and O–H groups in total. The van der Waals surface area contributed by atoms with Gasteiger partial charge in [-0.3, -0.25) is 9.80 Å². The van der Waals surface area contributed by atoms with E-state index in [-0.39, 0.29) is 15.4 Å². The largest absolute Gasteiger partial charge is 0.278 e. The summed E-state index contributed by atoms with van der Waals surface area (Å²) in [4.78, 5) is 13.7. The van der Waals surface area contributed by atoms with Crippen molar-refractivity contribution in [2.75, 3.05) is 11.6 Å². The molecule has 0 atom stereocenters. The standard InChI is InChI=1S/C23H17ClN2O3S/c24-16-11-12-19-20(15-16)22(30(28,29)18-9-5-2-6-10-18)21-13-14-25(26(21)23(19)27)17-7-3-1-4-8-17/h1-12,15H,13-14H2. The van der Waals surface area contributed by atoms with E-state index in [2.05, 4.69) is 0 Å². The Morgan fingerprint density at radius 2 is 1.50 bits per heavy atom. The molecule has 0 fully saturated rings. The summed E-state index contributed by atoms with van der Waals surface area (Å²) in [5.74, 6) is 0. The molecule has 3 aromatic carbocycles. The molecule has 0 aliphatic carbocycles. The lowest BCUT2D eigenvalue weighted by Crippen LogP contribution is -2.36. The average molecular weight is 437 g/mol. The average Bonchev–Trinajstić information content (AvgIpc) is 3.20. The van der Waals surface area contributed by atoms with Gasteiger partial charge in [-0.1, -0.05) is 48.0 Å². The van der Waals surface area contributed by atoms with Crippen LogP contribution in [0, 0.1) is 0 Å². The third-order valence-corrected chi connectivity index (χ3v) is 7.47. The van der Waals surface area contributed by atoms with Crippen molar-refractivity contribution in [1.82, 2.24) is 4.68 Å². The van der Waals surface area contributed by atoms with E-state index in [1.165, 1.54) is 4.68 Å². The van der Waals surface area contributed by atoms with E-state index in [1.807, 2.05) is 35.3 Å². The molecule has 0 radical (unpaired) electrons. The van der Waals surface area contributed by atoms with Crippen molar-refractivity contribution in [3.8, 4) is 0 Å². The summed E-state index contributed by atoms with van der Waals surface area (Å²) in [6.07, 6.45) is 0.425. The molecular formula is C23H17ClN2O3S. The first-order chi connectivity index (χ1) is 14.5. The highest BCUT2D eigenvalue weighted by molar-refractivity contribution is 7.91. The summed E-state index contributed by atoms with van der Waals surface area (Å²) in [5, 5.41) is 2.89. The van der Waals surface area contributed by atoms with Gasteiger partial charge in [0.2, 0.25) is 9.84 Å². The minimum absolute atomic E-state index is 0.143. The molecule has 0 saturated heterocycles. The number of fused-ring (bicyclic) bond motifs is 2. The number of para-hydroxylation sites is 1. The number of hydrogen-bond acceptors (Lipinski definition) is 4. The third-order valence-electron chi connectivity index (χ3n) is 5.35. The second-order valence-corrected chi connectivity index (χ2v) is 9.43. The minimum atomic E-state index is -3.87. The maximum atomic E-state index is 13.7. The number of sulfone groups is 1. The monoisotopic (exact) mass is 436 g/mol. The van der Waals surface area contributed by atoms with Gasteiger partial charge in [0.25, 0.3) is 5.56 Å². The lowest BCUT2D eigenvalue weighted by Gasteiger charge is -2.23. The van der Waals surface area contributed by atoms with E-state index in [4.69, 9.17) is 11.6 Å². The Hall–Kier alpha value is -3.09. The summed E-state index contributed by atoms with van der Waals surface area (Å²) in [6.45, 7) is 0.501. The van der Waals surface area contributed by atoms with Crippen molar-refractivity contribution in [2.24, 2.45) is 0 Å². The zero-order chi connectivity index (χ0) is 20.9. The van der Waals surface area contributed by atoms with Crippen molar-refractivity contribution >= 4 is 37.9 Å². The second kappa shape index (κ2) is 7.00. The van der Waals surface area contributed by atoms with Gasteiger partial charge < -0.3 is 0 Å². The van der Waals surface area contributed by atoms with E-state index >= 15 is 0 Å². The van der Waals surface area contributed by atoms with Crippen LogP contribution in [0.2, 0.25) is 5.02 Å². The van der Waals surface area contributed by atoms with Gasteiger partial charge in [0.15, 0.2) is 0 Å². The van der Waals surface area contributed by atoms with Crippen molar-refractivity contribution < 1.29 is 8.42 Å². The van der Waals surface area contributed by atoms with Gasteiger partial charge in [-0.25, -0.2) is 13.1 Å². The normalized spacial score (nSPS) is 13.6. The summed E-state index contributed by atoms with van der Waals surface area (Å²) < 4.78 is 28.9. The van der Waals surface area contributed by atoms with Crippen LogP contribution in [0.25, 0.3) is 10.8 Å². The van der Waals surface area contributed by atoms with Crippen LogP contribution in [-0.4, -0.2) is 19.6 Å². The summed E-state index contributed by atoms with van der Waals surface area (Å²) in [6, 6.07) is 22.5. The molecule has 0 spiro atoms. The summed E-state index contributed by atoms with van der Waals surface area (Å²) in [7, 11) is -3.87. The predicted octanol–water partition coefficient (Wildman–Crippen LogP) is 4.31. The molecule has 4 aromatic rings. The first-order valence-electron chi connectivity index (χ1n) is 9.48. The molecule has 1 aromatic heterocycles. The maximum absolute atomic E-state index is 13.7. The van der Waals surface area contributed by atoms with E-state index in [9.17, 15) is 13.2 Å². The number of rotatable bonds is 3. The fourth-order valence-corrected chi connectivity index (χ4v) is 5.91. The molecule has 5 rings (SSSR count). The lowest BCUT2D eigenvalue weighted by molar-refractivity contribution is 0.594. The molecule has 0 amide bonds. The van der Waals surface area contributed by atoms with Crippen molar-refractivity contribution in [3.05, 3.63) is 99.9 Å². The maximum Gasteiger partial charge on any atom is 0.277 e. The molecule has 0 saturated carbocycles. The van der Waals surface area contributed by atoms with E-state index in [0.29, 0.717) is 34.5 Å². The molecule has 1 aliphatic rings. The smallest absolute Gasteiger partial charge is 0.277 e. The van der Waals surface area contributed by atoms with Crippen LogP contribution in [0.4, 0.5) is 5.69 Å². The predicted molar refractivity (Wildman–Crippen MR) is 118 cm³/mol. The zero-order valence-corrected chi connectivity index (χ0v) is 17.4. The molecule has 0 unspecified atom stereocenters. The van der Waals surface area contributed by atoms with E-state index in [1.54, 1.807) is 48.5 Å². The fourth-order valence-electron chi connectivity index (χ4n) is 4.03. The van der Waals surface area contributed by atoms with Gasteiger partial charge in [0.1, 0.15) is 4.90 Å². The second-order valence-electron chi connectivity index (χ2n) is 7.11. The Balaban J connectivity index is 1.89. The molecule has 5 nitrogen and oxygen atoms in total. The van der Waals surface area contributed by atoms with Crippen LogP contribution in [0.3, 0.4) is 0 Å². The number of hydrogen-bond donors (Lipinski definition) is 0. The number of aromatic nitrogens is 1. The number of nitrogens with zero attached hydrogens (tertiary/aromatic N) is 2. The Bertz CT molecular complexity index is 1430. The number of halogens is 1. The third kappa shape index (κ3) is 2.83. The van der Waals surface area contributed by atoms with Crippen LogP contribution < -0.4 is 10.6 Å². The van der Waals surface area contributed by atoms with Crippen molar-refractivity contribution in [3.63, 3.8) is 0 Å². The molecule has 150 valence electrons. The Kier molecular flexibility index (Phi) is 4.41.